The summed E-state index contributed by atoms with van der Waals surface area (Å²) in [5.74, 6) is 0.376. The summed E-state index contributed by atoms with van der Waals surface area (Å²) in [4.78, 5) is 19.7. The average Bonchev–Trinajstić information content (AvgIpc) is 2.46. The lowest BCUT2D eigenvalue weighted by Crippen LogP contribution is -2.34. The summed E-state index contributed by atoms with van der Waals surface area (Å²) in [6.07, 6.45) is 3.85. The highest BCUT2D eigenvalue weighted by atomic mass is 127. The number of aliphatic imine (C=N–C) groups is 1. The average molecular weight is 405 g/mol. The van der Waals surface area contributed by atoms with Crippen molar-refractivity contribution in [1.82, 2.24) is 15.6 Å². The van der Waals surface area contributed by atoms with Crippen LogP contribution >= 0.6 is 24.0 Å². The normalized spacial score (nSPS) is 10.6. The number of nitrogens with two attached hydrogens (primary N) is 1. The van der Waals surface area contributed by atoms with Crippen molar-refractivity contribution in [2.45, 2.75) is 26.2 Å². The Balaban J connectivity index is 0.00000400. The maximum Gasteiger partial charge on any atom is 0.221 e. The molecule has 7 heteroatoms. The zero-order valence-electron chi connectivity index (χ0n) is 12.3. The van der Waals surface area contributed by atoms with Crippen molar-refractivity contribution in [2.24, 2.45) is 10.7 Å². The van der Waals surface area contributed by atoms with E-state index in [-0.39, 0.29) is 29.9 Å². The minimum Gasteiger partial charge on any atom is -0.370 e. The van der Waals surface area contributed by atoms with Gasteiger partial charge in [0.25, 0.3) is 0 Å². The minimum atomic E-state index is 0. The number of guanidine groups is 1. The summed E-state index contributed by atoms with van der Waals surface area (Å²) >= 11 is 0. The van der Waals surface area contributed by atoms with Crippen LogP contribution in [0.25, 0.3) is 0 Å². The molecular weight excluding hydrogens is 381 g/mol. The van der Waals surface area contributed by atoms with Crippen LogP contribution in [0.2, 0.25) is 0 Å². The summed E-state index contributed by atoms with van der Waals surface area (Å²) in [5, 5.41) is 5.80. The standard InChI is InChI=1S/C14H23N5O.HI/c1-2-8-17-13(20)7-11-19-14(15)18-10-6-12-5-3-4-9-16-12;/h3-5,9H,2,6-8,10-11H2,1H3,(H,17,20)(H3,15,18,19);1H. The van der Waals surface area contributed by atoms with E-state index in [2.05, 4.69) is 20.6 Å². The number of halogens is 1. The third-order valence-electron chi connectivity index (χ3n) is 2.61. The molecule has 1 aromatic heterocycles. The molecule has 0 aliphatic heterocycles. The van der Waals surface area contributed by atoms with Gasteiger partial charge in [0.15, 0.2) is 5.96 Å². The second kappa shape index (κ2) is 12.4. The lowest BCUT2D eigenvalue weighted by Gasteiger charge is -2.05. The van der Waals surface area contributed by atoms with E-state index in [0.29, 0.717) is 32.0 Å². The van der Waals surface area contributed by atoms with E-state index in [1.165, 1.54) is 0 Å². The van der Waals surface area contributed by atoms with Crippen LogP contribution in [0.1, 0.15) is 25.5 Å². The number of carbonyl (C=O) groups excluding carboxylic acids is 1. The first-order chi connectivity index (χ1) is 9.72. The number of hydrogen-bond acceptors (Lipinski definition) is 3. The summed E-state index contributed by atoms with van der Waals surface area (Å²) < 4.78 is 0. The molecule has 0 bridgehead atoms. The molecule has 0 spiro atoms. The maximum absolute atomic E-state index is 11.3. The molecule has 0 saturated heterocycles. The highest BCUT2D eigenvalue weighted by Crippen LogP contribution is 1.92. The Morgan fingerprint density at radius 3 is 2.81 bits per heavy atom. The van der Waals surface area contributed by atoms with Gasteiger partial charge in [-0.15, -0.1) is 24.0 Å². The Labute approximate surface area is 143 Å². The van der Waals surface area contributed by atoms with E-state index >= 15 is 0 Å². The lowest BCUT2D eigenvalue weighted by atomic mass is 10.3. The van der Waals surface area contributed by atoms with Gasteiger partial charge in [0, 0.05) is 37.8 Å². The maximum atomic E-state index is 11.3. The molecule has 0 radical (unpaired) electrons. The molecule has 0 aliphatic rings. The van der Waals surface area contributed by atoms with E-state index in [1.54, 1.807) is 6.20 Å². The third kappa shape index (κ3) is 10.1. The Hall–Kier alpha value is -1.38. The molecular formula is C14H24IN5O. The van der Waals surface area contributed by atoms with Crippen molar-refractivity contribution in [3.8, 4) is 0 Å². The van der Waals surface area contributed by atoms with Gasteiger partial charge in [-0.3, -0.25) is 14.8 Å². The molecule has 1 amide bonds. The number of nitrogens with one attached hydrogen (secondary N) is 2. The first kappa shape index (κ1) is 19.6. The molecule has 0 fully saturated rings. The van der Waals surface area contributed by atoms with Crippen LogP contribution in [0.4, 0.5) is 0 Å². The third-order valence-corrected chi connectivity index (χ3v) is 2.61. The quantitative estimate of drug-likeness (QED) is 0.343. The van der Waals surface area contributed by atoms with Gasteiger partial charge in [-0.2, -0.15) is 0 Å². The Bertz CT molecular complexity index is 425. The number of nitrogens with zero attached hydrogens (tertiary/aromatic N) is 2. The molecule has 6 nitrogen and oxygen atoms in total. The van der Waals surface area contributed by atoms with Crippen molar-refractivity contribution in [2.75, 3.05) is 19.6 Å². The van der Waals surface area contributed by atoms with Crippen molar-refractivity contribution < 1.29 is 4.79 Å². The first-order valence-electron chi connectivity index (χ1n) is 6.92. The molecule has 1 rings (SSSR count). The van der Waals surface area contributed by atoms with Crippen LogP contribution in [0, 0.1) is 0 Å². The van der Waals surface area contributed by atoms with Crippen molar-refractivity contribution in [3.63, 3.8) is 0 Å². The molecule has 0 aromatic carbocycles. The van der Waals surface area contributed by atoms with E-state index in [9.17, 15) is 4.79 Å². The monoisotopic (exact) mass is 405 g/mol. The van der Waals surface area contributed by atoms with Gasteiger partial charge < -0.3 is 16.4 Å². The fourth-order valence-corrected chi connectivity index (χ4v) is 1.55. The predicted molar refractivity (Wildman–Crippen MR) is 95.8 cm³/mol. The SMILES string of the molecule is CCCNC(=O)CCN=C(N)NCCc1ccccn1.I. The molecule has 0 aliphatic carbocycles. The summed E-state index contributed by atoms with van der Waals surface area (Å²) in [5.41, 5.74) is 6.72. The Kier molecular flexibility index (Phi) is 11.6. The first-order valence-corrected chi connectivity index (χ1v) is 6.92. The zero-order valence-corrected chi connectivity index (χ0v) is 14.7. The van der Waals surface area contributed by atoms with Gasteiger partial charge in [0.1, 0.15) is 0 Å². The molecule has 1 aromatic rings. The van der Waals surface area contributed by atoms with Crippen LogP contribution in [0.3, 0.4) is 0 Å². The summed E-state index contributed by atoms with van der Waals surface area (Å²) in [6.45, 7) is 3.80. The summed E-state index contributed by atoms with van der Waals surface area (Å²) in [6, 6.07) is 5.80. The van der Waals surface area contributed by atoms with Crippen LogP contribution in [0.5, 0.6) is 0 Å². The zero-order chi connectivity index (χ0) is 14.6. The molecule has 0 saturated carbocycles. The van der Waals surface area contributed by atoms with E-state index in [4.69, 9.17) is 5.73 Å². The number of hydrogen-bond donors (Lipinski definition) is 3. The molecule has 21 heavy (non-hydrogen) atoms. The van der Waals surface area contributed by atoms with Gasteiger partial charge in [-0.1, -0.05) is 13.0 Å². The largest absolute Gasteiger partial charge is 0.370 e. The predicted octanol–water partition coefficient (Wildman–Crippen LogP) is 1.06. The number of pyridine rings is 1. The van der Waals surface area contributed by atoms with Gasteiger partial charge in [-0.25, -0.2) is 0 Å². The number of carbonyl (C=O) groups is 1. The van der Waals surface area contributed by atoms with Crippen LogP contribution in [0.15, 0.2) is 29.4 Å². The topological polar surface area (TPSA) is 92.4 Å². The van der Waals surface area contributed by atoms with Gasteiger partial charge >= 0.3 is 0 Å². The smallest absolute Gasteiger partial charge is 0.221 e. The summed E-state index contributed by atoms with van der Waals surface area (Å²) in [7, 11) is 0. The van der Waals surface area contributed by atoms with E-state index in [1.807, 2.05) is 25.1 Å². The van der Waals surface area contributed by atoms with Gasteiger partial charge in [-0.05, 0) is 18.6 Å². The second-order valence-corrected chi connectivity index (χ2v) is 4.36. The number of amides is 1. The highest BCUT2D eigenvalue weighted by molar-refractivity contribution is 14.0. The molecule has 0 unspecified atom stereocenters. The fourth-order valence-electron chi connectivity index (χ4n) is 1.55. The Morgan fingerprint density at radius 1 is 1.33 bits per heavy atom. The van der Waals surface area contributed by atoms with Gasteiger partial charge in [0.2, 0.25) is 5.91 Å². The molecule has 1 heterocycles. The van der Waals surface area contributed by atoms with E-state index in [0.717, 1.165) is 18.5 Å². The van der Waals surface area contributed by atoms with Crippen molar-refractivity contribution in [3.05, 3.63) is 30.1 Å². The van der Waals surface area contributed by atoms with Gasteiger partial charge in [0.05, 0.1) is 6.54 Å². The molecule has 4 N–H and O–H groups in total. The highest BCUT2D eigenvalue weighted by Gasteiger charge is 1.99. The van der Waals surface area contributed by atoms with E-state index < -0.39 is 0 Å². The fraction of sp³-hybridized carbons (Fsp3) is 0.500. The van der Waals surface area contributed by atoms with Crippen LogP contribution in [-0.2, 0) is 11.2 Å². The molecule has 0 atom stereocenters. The number of aromatic nitrogens is 1. The molecule has 118 valence electrons. The second-order valence-electron chi connectivity index (χ2n) is 4.36. The van der Waals surface area contributed by atoms with Crippen molar-refractivity contribution >= 4 is 35.8 Å². The van der Waals surface area contributed by atoms with Crippen LogP contribution in [-0.4, -0.2) is 36.5 Å². The van der Waals surface area contributed by atoms with Crippen molar-refractivity contribution in [1.29, 1.82) is 0 Å². The Morgan fingerprint density at radius 2 is 2.14 bits per heavy atom. The number of rotatable bonds is 8. The van der Waals surface area contributed by atoms with Crippen LogP contribution < -0.4 is 16.4 Å². The minimum absolute atomic E-state index is 0. The lowest BCUT2D eigenvalue weighted by molar-refractivity contribution is -0.120.